The predicted octanol–water partition coefficient (Wildman–Crippen LogP) is 1.15. The Morgan fingerprint density at radius 1 is 1.46 bits per heavy atom. The smallest absolute Gasteiger partial charge is 0.290 e. The predicted molar refractivity (Wildman–Crippen MR) is 59.3 cm³/mol. The fourth-order valence-corrected chi connectivity index (χ4v) is 11.2. The first-order chi connectivity index (χ1) is 5.96. The van der Waals surface area contributed by atoms with E-state index in [-0.39, 0.29) is 6.23 Å². The van der Waals surface area contributed by atoms with Gasteiger partial charge in [-0.3, -0.25) is 0 Å². The van der Waals surface area contributed by atoms with E-state index in [2.05, 4.69) is 23.9 Å². The lowest BCUT2D eigenvalue weighted by Crippen LogP contribution is -2.63. The maximum absolute atomic E-state index is 9.47. The van der Waals surface area contributed by atoms with E-state index in [1.807, 2.05) is 0 Å². The molecule has 0 aliphatic carbocycles. The molecule has 1 heterocycles. The van der Waals surface area contributed by atoms with Gasteiger partial charge in [-0.15, -0.1) is 0 Å². The van der Waals surface area contributed by atoms with Gasteiger partial charge in [0.1, 0.15) is 8.24 Å². The molecule has 0 aromatic heterocycles. The zero-order valence-corrected chi connectivity index (χ0v) is 11.1. The van der Waals surface area contributed by atoms with Gasteiger partial charge >= 0.3 is 0 Å². The molecular weight excluding hydrogens is 198 g/mol. The van der Waals surface area contributed by atoms with E-state index in [0.717, 1.165) is 12.6 Å². The molecule has 13 heavy (non-hydrogen) atoms. The van der Waals surface area contributed by atoms with Crippen LogP contribution in [0.15, 0.2) is 0 Å². The first kappa shape index (κ1) is 11.4. The lowest BCUT2D eigenvalue weighted by molar-refractivity contribution is 0.275. The van der Waals surface area contributed by atoms with Gasteiger partial charge < -0.3 is 13.8 Å². The number of aliphatic hydroxyl groups is 1. The molecular formula is C8H21NO2Si2. The summed E-state index contributed by atoms with van der Waals surface area (Å²) in [5.41, 5.74) is 0. The molecule has 1 atom stereocenters. The SMILES string of the molecule is CO[Si]1(CO)CCCN1[Si](C)(C)C. The average molecular weight is 219 g/mol. The van der Waals surface area contributed by atoms with Gasteiger partial charge in [-0.05, 0) is 19.0 Å². The molecule has 0 spiro atoms. The summed E-state index contributed by atoms with van der Waals surface area (Å²) in [6.07, 6.45) is 1.46. The van der Waals surface area contributed by atoms with Gasteiger partial charge in [0.15, 0.2) is 0 Å². The first-order valence-corrected chi connectivity index (χ1v) is 10.6. The normalized spacial score (nSPS) is 31.2. The highest BCUT2D eigenvalue weighted by Crippen LogP contribution is 2.30. The van der Waals surface area contributed by atoms with Gasteiger partial charge in [-0.1, -0.05) is 19.6 Å². The number of rotatable bonds is 3. The molecule has 78 valence electrons. The maximum Gasteiger partial charge on any atom is 0.290 e. The molecule has 1 N–H and O–H groups in total. The van der Waals surface area contributed by atoms with Crippen LogP contribution in [-0.4, -0.2) is 45.9 Å². The highest BCUT2D eigenvalue weighted by molar-refractivity contribution is 6.88. The minimum atomic E-state index is -1.89. The average Bonchev–Trinajstić information content (AvgIpc) is 2.47. The zero-order chi connectivity index (χ0) is 10.1. The van der Waals surface area contributed by atoms with Crippen LogP contribution in [0.25, 0.3) is 0 Å². The van der Waals surface area contributed by atoms with Crippen molar-refractivity contribution in [3.8, 4) is 0 Å². The van der Waals surface area contributed by atoms with E-state index in [9.17, 15) is 5.11 Å². The second kappa shape index (κ2) is 3.82. The third kappa shape index (κ3) is 2.04. The van der Waals surface area contributed by atoms with Crippen molar-refractivity contribution < 1.29 is 9.53 Å². The minimum Gasteiger partial charge on any atom is -0.405 e. The molecule has 1 saturated heterocycles. The molecule has 1 fully saturated rings. The van der Waals surface area contributed by atoms with Crippen LogP contribution in [0.3, 0.4) is 0 Å². The molecule has 1 unspecified atom stereocenters. The summed E-state index contributed by atoms with van der Waals surface area (Å²) in [5, 5.41) is 9.47. The number of hydrogen-bond acceptors (Lipinski definition) is 3. The van der Waals surface area contributed by atoms with Crippen LogP contribution in [0.1, 0.15) is 6.42 Å². The van der Waals surface area contributed by atoms with Crippen LogP contribution in [0.5, 0.6) is 0 Å². The Balaban J connectivity index is 2.84. The minimum absolute atomic E-state index is 0.258. The van der Waals surface area contributed by atoms with Crippen molar-refractivity contribution in [1.82, 2.24) is 4.23 Å². The van der Waals surface area contributed by atoms with Crippen molar-refractivity contribution in [2.75, 3.05) is 19.9 Å². The third-order valence-corrected chi connectivity index (χ3v) is 11.6. The van der Waals surface area contributed by atoms with E-state index < -0.39 is 16.7 Å². The topological polar surface area (TPSA) is 32.7 Å². The van der Waals surface area contributed by atoms with E-state index in [1.165, 1.54) is 6.42 Å². The van der Waals surface area contributed by atoms with Crippen molar-refractivity contribution in [2.24, 2.45) is 0 Å². The van der Waals surface area contributed by atoms with Gasteiger partial charge in [0, 0.05) is 7.11 Å². The standard InChI is InChI=1S/C8H21NO2Si2/c1-11-13(8-10)7-5-6-9(13)12(2,3)4/h10H,5-8H2,1-4H3. The Morgan fingerprint density at radius 2 is 2.08 bits per heavy atom. The Hall–Kier alpha value is 0.314. The molecule has 0 bridgehead atoms. The Kier molecular flexibility index (Phi) is 3.35. The molecule has 1 aliphatic rings. The van der Waals surface area contributed by atoms with Crippen molar-refractivity contribution in [1.29, 1.82) is 0 Å². The summed E-state index contributed by atoms with van der Waals surface area (Å²) in [5.74, 6) is 0. The Bertz CT molecular complexity index is 177. The van der Waals surface area contributed by atoms with Gasteiger partial charge in [-0.25, -0.2) is 0 Å². The molecule has 5 heteroatoms. The highest BCUT2D eigenvalue weighted by Gasteiger charge is 2.49. The summed E-state index contributed by atoms with van der Waals surface area (Å²) in [4.78, 5) is 0. The van der Waals surface area contributed by atoms with Crippen molar-refractivity contribution >= 4 is 16.7 Å². The largest absolute Gasteiger partial charge is 0.405 e. The van der Waals surface area contributed by atoms with Crippen LogP contribution < -0.4 is 0 Å². The van der Waals surface area contributed by atoms with Crippen LogP contribution in [0.4, 0.5) is 0 Å². The van der Waals surface area contributed by atoms with Crippen molar-refractivity contribution in [3.05, 3.63) is 0 Å². The van der Waals surface area contributed by atoms with Crippen LogP contribution in [-0.2, 0) is 4.43 Å². The van der Waals surface area contributed by atoms with E-state index >= 15 is 0 Å². The van der Waals surface area contributed by atoms with Crippen LogP contribution >= 0.6 is 0 Å². The molecule has 1 aliphatic heterocycles. The molecule has 0 amide bonds. The van der Waals surface area contributed by atoms with Crippen LogP contribution in [0.2, 0.25) is 25.7 Å². The molecule has 0 aromatic carbocycles. The maximum atomic E-state index is 9.47. The van der Waals surface area contributed by atoms with Crippen molar-refractivity contribution in [3.63, 3.8) is 0 Å². The van der Waals surface area contributed by atoms with Gasteiger partial charge in [-0.2, -0.15) is 0 Å². The first-order valence-electron chi connectivity index (χ1n) is 4.90. The summed E-state index contributed by atoms with van der Waals surface area (Å²) < 4.78 is 8.16. The third-order valence-electron chi connectivity index (χ3n) is 2.88. The summed E-state index contributed by atoms with van der Waals surface area (Å²) in [6, 6.07) is 1.10. The Morgan fingerprint density at radius 3 is 2.38 bits per heavy atom. The fraction of sp³-hybridized carbons (Fsp3) is 1.00. The van der Waals surface area contributed by atoms with E-state index in [1.54, 1.807) is 7.11 Å². The van der Waals surface area contributed by atoms with Gasteiger partial charge in [0.25, 0.3) is 8.48 Å². The van der Waals surface area contributed by atoms with Crippen molar-refractivity contribution in [2.45, 2.75) is 32.1 Å². The number of hydrogen-bond donors (Lipinski definition) is 1. The molecule has 0 saturated carbocycles. The monoisotopic (exact) mass is 219 g/mol. The molecule has 1 rings (SSSR count). The fourth-order valence-electron chi connectivity index (χ4n) is 2.24. The quantitative estimate of drug-likeness (QED) is 0.723. The molecule has 0 radical (unpaired) electrons. The van der Waals surface area contributed by atoms with Gasteiger partial charge in [0.2, 0.25) is 0 Å². The van der Waals surface area contributed by atoms with Crippen LogP contribution in [0, 0.1) is 0 Å². The second-order valence-electron chi connectivity index (χ2n) is 4.73. The highest BCUT2D eigenvalue weighted by atomic mass is 28.4. The lowest BCUT2D eigenvalue weighted by atomic mass is 10.5. The van der Waals surface area contributed by atoms with E-state index in [0.29, 0.717) is 0 Å². The second-order valence-corrected chi connectivity index (χ2v) is 13.7. The Labute approximate surface area is 83.0 Å². The molecule has 3 nitrogen and oxygen atoms in total. The molecule has 0 aromatic rings. The number of nitrogens with zero attached hydrogens (tertiary/aromatic N) is 1. The summed E-state index contributed by atoms with van der Waals surface area (Å²) in [7, 11) is -1.42. The number of aliphatic hydroxyl groups excluding tert-OH is 1. The summed E-state index contributed by atoms with van der Waals surface area (Å²) >= 11 is 0. The van der Waals surface area contributed by atoms with Gasteiger partial charge in [0.05, 0.1) is 6.23 Å². The lowest BCUT2D eigenvalue weighted by Gasteiger charge is -2.41. The van der Waals surface area contributed by atoms with E-state index in [4.69, 9.17) is 4.43 Å². The summed E-state index contributed by atoms with van der Waals surface area (Å²) in [6.45, 7) is 8.12. The zero-order valence-electron chi connectivity index (χ0n) is 9.13.